The van der Waals surface area contributed by atoms with Crippen molar-refractivity contribution in [2.45, 2.75) is 19.5 Å². The summed E-state index contributed by atoms with van der Waals surface area (Å²) < 4.78 is 4.95. The number of ether oxygens (including phenoxy) is 1. The maximum absolute atomic E-state index is 11.4. The van der Waals surface area contributed by atoms with Crippen LogP contribution in [-0.2, 0) is 11.3 Å². The number of carbonyl (C=O) groups is 1. The smallest absolute Gasteiger partial charge is 0.414 e. The minimum Gasteiger partial charge on any atom is -0.447 e. The Morgan fingerprint density at radius 1 is 1.47 bits per heavy atom. The highest BCUT2D eigenvalue weighted by atomic mass is 16.6. The first-order chi connectivity index (χ1) is 7.22. The summed E-state index contributed by atoms with van der Waals surface area (Å²) in [5.74, 6) is 0. The number of carbonyl (C=O) groups excluding carboxylic acids is 1. The first-order valence-corrected chi connectivity index (χ1v) is 4.97. The fourth-order valence-electron chi connectivity index (χ4n) is 1.67. The van der Waals surface area contributed by atoms with Crippen molar-refractivity contribution in [3.63, 3.8) is 0 Å². The number of amides is 1. The highest BCUT2D eigenvalue weighted by Gasteiger charge is 2.30. The molecule has 1 atom stereocenters. The third-order valence-electron chi connectivity index (χ3n) is 2.54. The summed E-state index contributed by atoms with van der Waals surface area (Å²) in [5, 5.41) is 0. The fourth-order valence-corrected chi connectivity index (χ4v) is 1.67. The van der Waals surface area contributed by atoms with Gasteiger partial charge in [-0.15, -0.1) is 0 Å². The first kappa shape index (κ1) is 9.98. The van der Waals surface area contributed by atoms with Crippen LogP contribution in [0.3, 0.4) is 0 Å². The van der Waals surface area contributed by atoms with E-state index < -0.39 is 0 Å². The standard InChI is InChI=1S/C11H14N2O2/c1-8-7-15-11(14)13(8)10-4-2-9(6-12)3-5-10/h2-5,8H,6-7,12H2,1H3. The third-order valence-corrected chi connectivity index (χ3v) is 2.54. The van der Waals surface area contributed by atoms with Crippen LogP contribution >= 0.6 is 0 Å². The monoisotopic (exact) mass is 206 g/mol. The van der Waals surface area contributed by atoms with Gasteiger partial charge in [0.1, 0.15) is 6.61 Å². The number of nitrogens with zero attached hydrogens (tertiary/aromatic N) is 1. The molecule has 0 saturated carbocycles. The lowest BCUT2D eigenvalue weighted by Crippen LogP contribution is -2.30. The van der Waals surface area contributed by atoms with Gasteiger partial charge in [-0.3, -0.25) is 4.90 Å². The Balaban J connectivity index is 2.25. The molecule has 15 heavy (non-hydrogen) atoms. The molecule has 1 fully saturated rings. The molecule has 1 aromatic carbocycles. The minimum absolute atomic E-state index is 0.0984. The topological polar surface area (TPSA) is 55.6 Å². The van der Waals surface area contributed by atoms with Crippen molar-refractivity contribution in [3.8, 4) is 0 Å². The summed E-state index contributed by atoms with van der Waals surface area (Å²) in [6.45, 7) is 2.93. The second-order valence-corrected chi connectivity index (χ2v) is 3.67. The van der Waals surface area contributed by atoms with E-state index >= 15 is 0 Å². The quantitative estimate of drug-likeness (QED) is 0.797. The van der Waals surface area contributed by atoms with Crippen LogP contribution in [0.4, 0.5) is 10.5 Å². The molecule has 0 bridgehead atoms. The molecule has 0 aromatic heterocycles. The highest BCUT2D eigenvalue weighted by Crippen LogP contribution is 2.22. The zero-order chi connectivity index (χ0) is 10.8. The van der Waals surface area contributed by atoms with Gasteiger partial charge in [0.15, 0.2) is 0 Å². The van der Waals surface area contributed by atoms with Gasteiger partial charge in [-0.1, -0.05) is 12.1 Å². The molecule has 0 spiro atoms. The number of benzene rings is 1. The van der Waals surface area contributed by atoms with E-state index in [1.165, 1.54) is 0 Å². The van der Waals surface area contributed by atoms with E-state index in [4.69, 9.17) is 10.5 Å². The second kappa shape index (κ2) is 3.90. The molecule has 2 rings (SSSR count). The van der Waals surface area contributed by atoms with E-state index in [1.807, 2.05) is 31.2 Å². The zero-order valence-electron chi connectivity index (χ0n) is 8.64. The Bertz CT molecular complexity index is 361. The maximum atomic E-state index is 11.4. The van der Waals surface area contributed by atoms with Crippen LogP contribution in [0.1, 0.15) is 12.5 Å². The third kappa shape index (κ3) is 1.80. The number of hydrogen-bond acceptors (Lipinski definition) is 3. The van der Waals surface area contributed by atoms with Crippen LogP contribution in [0.2, 0.25) is 0 Å². The molecule has 1 amide bonds. The van der Waals surface area contributed by atoms with Crippen molar-refractivity contribution >= 4 is 11.8 Å². The molecule has 80 valence electrons. The van der Waals surface area contributed by atoms with E-state index in [9.17, 15) is 4.79 Å². The molecule has 1 heterocycles. The Labute approximate surface area is 88.6 Å². The Hall–Kier alpha value is -1.55. The van der Waals surface area contributed by atoms with E-state index in [0.29, 0.717) is 13.2 Å². The number of nitrogens with two attached hydrogens (primary N) is 1. The molecule has 1 aliphatic rings. The van der Waals surface area contributed by atoms with Gasteiger partial charge in [-0.05, 0) is 24.6 Å². The maximum Gasteiger partial charge on any atom is 0.414 e. The number of anilines is 1. The van der Waals surface area contributed by atoms with Crippen LogP contribution in [0, 0.1) is 0 Å². The van der Waals surface area contributed by atoms with Gasteiger partial charge in [0, 0.05) is 12.2 Å². The number of hydrogen-bond donors (Lipinski definition) is 1. The van der Waals surface area contributed by atoms with Gasteiger partial charge in [0.25, 0.3) is 0 Å². The lowest BCUT2D eigenvalue weighted by Gasteiger charge is -2.18. The molecule has 2 N–H and O–H groups in total. The minimum atomic E-state index is -0.275. The Kier molecular flexibility index (Phi) is 2.60. The van der Waals surface area contributed by atoms with Crippen molar-refractivity contribution in [1.29, 1.82) is 0 Å². The molecule has 4 nitrogen and oxygen atoms in total. The molecule has 1 saturated heterocycles. The van der Waals surface area contributed by atoms with Gasteiger partial charge in [0.2, 0.25) is 0 Å². The summed E-state index contributed by atoms with van der Waals surface area (Å²) in [4.78, 5) is 13.1. The summed E-state index contributed by atoms with van der Waals surface area (Å²) in [6.07, 6.45) is -0.275. The fraction of sp³-hybridized carbons (Fsp3) is 0.364. The normalized spacial score (nSPS) is 20.5. The summed E-state index contributed by atoms with van der Waals surface area (Å²) in [5.41, 5.74) is 7.42. The summed E-state index contributed by atoms with van der Waals surface area (Å²) in [7, 11) is 0. The van der Waals surface area contributed by atoms with E-state index in [1.54, 1.807) is 4.90 Å². The zero-order valence-corrected chi connectivity index (χ0v) is 8.64. The van der Waals surface area contributed by atoms with Crippen LogP contribution in [0.5, 0.6) is 0 Å². The van der Waals surface area contributed by atoms with Crippen LogP contribution in [0.15, 0.2) is 24.3 Å². The molecular formula is C11H14N2O2. The predicted octanol–water partition coefficient (Wildman–Crippen LogP) is 1.49. The van der Waals surface area contributed by atoms with Crippen LogP contribution < -0.4 is 10.6 Å². The second-order valence-electron chi connectivity index (χ2n) is 3.67. The molecule has 0 radical (unpaired) electrons. The number of rotatable bonds is 2. The first-order valence-electron chi connectivity index (χ1n) is 4.97. The van der Waals surface area contributed by atoms with Crippen molar-refractivity contribution < 1.29 is 9.53 Å². The molecule has 1 aromatic rings. The lowest BCUT2D eigenvalue weighted by molar-refractivity contribution is 0.179. The van der Waals surface area contributed by atoms with Gasteiger partial charge >= 0.3 is 6.09 Å². The van der Waals surface area contributed by atoms with Gasteiger partial charge in [-0.2, -0.15) is 0 Å². The van der Waals surface area contributed by atoms with Crippen molar-refractivity contribution in [2.24, 2.45) is 5.73 Å². The van der Waals surface area contributed by atoms with Gasteiger partial charge in [0.05, 0.1) is 6.04 Å². The van der Waals surface area contributed by atoms with Crippen LogP contribution in [0.25, 0.3) is 0 Å². The molecule has 1 unspecified atom stereocenters. The Morgan fingerprint density at radius 2 is 2.13 bits per heavy atom. The van der Waals surface area contributed by atoms with E-state index in [-0.39, 0.29) is 12.1 Å². The van der Waals surface area contributed by atoms with Crippen molar-refractivity contribution in [1.82, 2.24) is 0 Å². The largest absolute Gasteiger partial charge is 0.447 e. The van der Waals surface area contributed by atoms with Gasteiger partial charge in [-0.25, -0.2) is 4.79 Å². The molecule has 0 aliphatic carbocycles. The highest BCUT2D eigenvalue weighted by molar-refractivity contribution is 5.90. The average Bonchev–Trinajstić information content (AvgIpc) is 2.59. The Morgan fingerprint density at radius 3 is 2.60 bits per heavy atom. The molecule has 4 heteroatoms. The van der Waals surface area contributed by atoms with Crippen molar-refractivity contribution in [2.75, 3.05) is 11.5 Å². The molecular weight excluding hydrogens is 192 g/mol. The van der Waals surface area contributed by atoms with E-state index in [0.717, 1.165) is 11.3 Å². The lowest BCUT2D eigenvalue weighted by atomic mass is 10.2. The molecule has 1 aliphatic heterocycles. The van der Waals surface area contributed by atoms with E-state index in [2.05, 4.69) is 0 Å². The summed E-state index contributed by atoms with van der Waals surface area (Å²) >= 11 is 0. The van der Waals surface area contributed by atoms with Crippen molar-refractivity contribution in [3.05, 3.63) is 29.8 Å². The van der Waals surface area contributed by atoms with Crippen LogP contribution in [-0.4, -0.2) is 18.7 Å². The number of cyclic esters (lactones) is 1. The average molecular weight is 206 g/mol. The SMILES string of the molecule is CC1COC(=O)N1c1ccc(CN)cc1. The predicted molar refractivity (Wildman–Crippen MR) is 57.6 cm³/mol. The summed E-state index contributed by atoms with van der Waals surface area (Å²) in [6, 6.07) is 7.74. The van der Waals surface area contributed by atoms with Gasteiger partial charge < -0.3 is 10.5 Å².